The number of anilines is 2. The third-order valence-electron chi connectivity index (χ3n) is 6.38. The van der Waals surface area contributed by atoms with Gasteiger partial charge in [-0.05, 0) is 67.9 Å². The van der Waals surface area contributed by atoms with Gasteiger partial charge in [-0.25, -0.2) is 4.98 Å². The third-order valence-corrected chi connectivity index (χ3v) is 7.58. The summed E-state index contributed by atoms with van der Waals surface area (Å²) in [6, 6.07) is 5.67. The third kappa shape index (κ3) is 3.83. The van der Waals surface area contributed by atoms with Crippen LogP contribution in [-0.4, -0.2) is 27.9 Å². The quantitative estimate of drug-likeness (QED) is 0.657. The van der Waals surface area contributed by atoms with E-state index in [4.69, 9.17) is 0 Å². The van der Waals surface area contributed by atoms with Crippen LogP contribution in [-0.2, 0) is 35.4 Å². The first-order chi connectivity index (χ1) is 15.5. The molecule has 3 heterocycles. The number of hydrogen-bond donors (Lipinski definition) is 1. The first-order valence-corrected chi connectivity index (χ1v) is 12.0. The molecule has 1 aliphatic carbocycles. The largest absolute Gasteiger partial charge is 0.326 e. The second-order valence-corrected chi connectivity index (χ2v) is 9.63. The number of benzene rings is 1. The molecule has 166 valence electrons. The number of fused-ring (bicyclic) bond motifs is 4. The van der Waals surface area contributed by atoms with Crippen molar-refractivity contribution in [2.75, 3.05) is 16.8 Å². The van der Waals surface area contributed by atoms with Crippen LogP contribution in [0.5, 0.6) is 0 Å². The number of rotatable bonds is 4. The minimum Gasteiger partial charge on any atom is -0.326 e. The number of aromatic nitrogens is 2. The Hall–Kier alpha value is -3.00. The van der Waals surface area contributed by atoms with Crippen molar-refractivity contribution < 1.29 is 9.59 Å². The molecule has 0 saturated carbocycles. The van der Waals surface area contributed by atoms with Crippen LogP contribution in [0.4, 0.5) is 11.4 Å². The van der Waals surface area contributed by atoms with Crippen molar-refractivity contribution in [1.29, 1.82) is 0 Å². The second-order valence-electron chi connectivity index (χ2n) is 8.55. The van der Waals surface area contributed by atoms with Crippen LogP contribution in [0.15, 0.2) is 29.3 Å². The molecule has 7 nitrogen and oxygen atoms in total. The van der Waals surface area contributed by atoms with E-state index in [9.17, 15) is 14.4 Å². The summed E-state index contributed by atoms with van der Waals surface area (Å²) >= 11 is 1.63. The Morgan fingerprint density at radius 3 is 2.84 bits per heavy atom. The van der Waals surface area contributed by atoms with E-state index in [0.717, 1.165) is 60.1 Å². The van der Waals surface area contributed by atoms with E-state index >= 15 is 0 Å². The summed E-state index contributed by atoms with van der Waals surface area (Å²) in [4.78, 5) is 45.8. The van der Waals surface area contributed by atoms with E-state index in [1.54, 1.807) is 34.1 Å². The molecule has 5 rings (SSSR count). The zero-order valence-corrected chi connectivity index (χ0v) is 19.0. The molecule has 32 heavy (non-hydrogen) atoms. The Morgan fingerprint density at radius 1 is 1.16 bits per heavy atom. The molecule has 3 aromatic rings. The number of aryl methyl sites for hydroxylation is 4. The Morgan fingerprint density at radius 2 is 2.00 bits per heavy atom. The molecule has 0 radical (unpaired) electrons. The molecular formula is C24H26N4O3S. The van der Waals surface area contributed by atoms with Gasteiger partial charge in [0.1, 0.15) is 4.83 Å². The van der Waals surface area contributed by atoms with Crippen LogP contribution in [0.2, 0.25) is 0 Å². The molecular weight excluding hydrogens is 424 g/mol. The van der Waals surface area contributed by atoms with Crippen molar-refractivity contribution in [1.82, 2.24) is 9.55 Å². The average molecular weight is 451 g/mol. The minimum atomic E-state index is -0.150. The number of thiophene rings is 1. The summed E-state index contributed by atoms with van der Waals surface area (Å²) in [6.45, 7) is 2.60. The normalized spacial score (nSPS) is 15.3. The minimum absolute atomic E-state index is 0.0330. The van der Waals surface area contributed by atoms with Gasteiger partial charge in [0.2, 0.25) is 11.8 Å². The standard InChI is InChI=1S/C24H26N4O3S/c1-15(29)28-11-4-5-16-13-17(8-9-19(16)28)26-21(30)10-12-27-14-25-23-22(24(27)31)18-6-2-3-7-20(18)32-23/h8-9,13-14H,2-7,10-12H2,1H3,(H,26,30). The predicted octanol–water partition coefficient (Wildman–Crippen LogP) is 3.66. The molecule has 8 heteroatoms. The highest BCUT2D eigenvalue weighted by atomic mass is 32.1. The molecule has 0 bridgehead atoms. The van der Waals surface area contributed by atoms with Gasteiger partial charge in [-0.2, -0.15) is 0 Å². The summed E-state index contributed by atoms with van der Waals surface area (Å²) in [5.41, 5.74) is 3.83. The summed E-state index contributed by atoms with van der Waals surface area (Å²) in [5.74, 6) is -0.117. The summed E-state index contributed by atoms with van der Waals surface area (Å²) in [5, 5.41) is 3.68. The van der Waals surface area contributed by atoms with E-state index in [1.807, 2.05) is 18.2 Å². The number of carbonyl (C=O) groups excluding carboxylic acids is 2. The van der Waals surface area contributed by atoms with E-state index < -0.39 is 0 Å². The fourth-order valence-electron chi connectivity index (χ4n) is 4.79. The van der Waals surface area contributed by atoms with Crippen LogP contribution >= 0.6 is 11.3 Å². The topological polar surface area (TPSA) is 84.3 Å². The highest BCUT2D eigenvalue weighted by Gasteiger charge is 2.21. The lowest BCUT2D eigenvalue weighted by Crippen LogP contribution is -2.33. The summed E-state index contributed by atoms with van der Waals surface area (Å²) in [7, 11) is 0. The number of nitrogens with one attached hydrogen (secondary N) is 1. The maximum atomic E-state index is 13.0. The zero-order chi connectivity index (χ0) is 22.2. The van der Waals surface area contributed by atoms with E-state index in [0.29, 0.717) is 12.2 Å². The number of amides is 2. The van der Waals surface area contributed by atoms with Gasteiger partial charge in [-0.15, -0.1) is 11.3 Å². The molecule has 2 amide bonds. The van der Waals surface area contributed by atoms with Crippen molar-refractivity contribution in [3.8, 4) is 0 Å². The Balaban J connectivity index is 1.28. The first-order valence-electron chi connectivity index (χ1n) is 11.2. The Kier molecular flexibility index (Phi) is 5.55. The second kappa shape index (κ2) is 8.50. The van der Waals surface area contributed by atoms with Gasteiger partial charge < -0.3 is 10.2 Å². The fourth-order valence-corrected chi connectivity index (χ4v) is 6.01. The van der Waals surface area contributed by atoms with Crippen molar-refractivity contribution in [2.45, 2.75) is 58.4 Å². The SMILES string of the molecule is CC(=O)N1CCCc2cc(NC(=O)CCn3cnc4sc5c(c4c3=O)CCCC5)ccc21. The van der Waals surface area contributed by atoms with Crippen molar-refractivity contribution in [3.63, 3.8) is 0 Å². The molecule has 0 atom stereocenters. The molecule has 2 aliphatic rings. The maximum Gasteiger partial charge on any atom is 0.262 e. The predicted molar refractivity (Wildman–Crippen MR) is 127 cm³/mol. The van der Waals surface area contributed by atoms with Gasteiger partial charge in [0.05, 0.1) is 11.7 Å². The number of hydrogen-bond acceptors (Lipinski definition) is 5. The highest BCUT2D eigenvalue weighted by Crippen LogP contribution is 2.33. The molecule has 2 aromatic heterocycles. The molecule has 1 N–H and O–H groups in total. The van der Waals surface area contributed by atoms with Crippen LogP contribution in [0, 0.1) is 0 Å². The van der Waals surface area contributed by atoms with Crippen LogP contribution < -0.4 is 15.8 Å². The van der Waals surface area contributed by atoms with Crippen LogP contribution in [0.1, 0.15) is 48.6 Å². The van der Waals surface area contributed by atoms with Crippen molar-refractivity contribution >= 4 is 44.7 Å². The van der Waals surface area contributed by atoms with Gasteiger partial charge in [0.15, 0.2) is 0 Å². The lowest BCUT2D eigenvalue weighted by Gasteiger charge is -2.29. The van der Waals surface area contributed by atoms with E-state index in [-0.39, 0.29) is 23.8 Å². The van der Waals surface area contributed by atoms with E-state index in [1.165, 1.54) is 16.9 Å². The molecule has 0 unspecified atom stereocenters. The summed E-state index contributed by atoms with van der Waals surface area (Å²) in [6.07, 6.45) is 7.80. The Labute approximate surface area is 190 Å². The lowest BCUT2D eigenvalue weighted by atomic mass is 9.97. The monoisotopic (exact) mass is 450 g/mol. The van der Waals surface area contributed by atoms with Gasteiger partial charge >= 0.3 is 0 Å². The Bertz CT molecular complexity index is 1280. The maximum absolute atomic E-state index is 13.0. The van der Waals surface area contributed by atoms with Crippen LogP contribution in [0.25, 0.3) is 10.2 Å². The average Bonchev–Trinajstić information content (AvgIpc) is 3.17. The van der Waals surface area contributed by atoms with E-state index in [2.05, 4.69) is 10.3 Å². The molecule has 0 spiro atoms. The lowest BCUT2D eigenvalue weighted by molar-refractivity contribution is -0.117. The fraction of sp³-hybridized carbons (Fsp3) is 0.417. The molecule has 0 fully saturated rings. The first kappa shape index (κ1) is 20.9. The zero-order valence-electron chi connectivity index (χ0n) is 18.1. The number of nitrogens with zero attached hydrogens (tertiary/aromatic N) is 3. The van der Waals surface area contributed by atoms with Gasteiger partial charge in [0, 0.05) is 42.7 Å². The van der Waals surface area contributed by atoms with Crippen molar-refractivity contribution in [3.05, 3.63) is 50.9 Å². The van der Waals surface area contributed by atoms with Crippen LogP contribution in [0.3, 0.4) is 0 Å². The molecule has 1 aromatic carbocycles. The van der Waals surface area contributed by atoms with Crippen molar-refractivity contribution in [2.24, 2.45) is 0 Å². The van der Waals surface area contributed by atoms with Gasteiger partial charge in [-0.1, -0.05) is 0 Å². The highest BCUT2D eigenvalue weighted by molar-refractivity contribution is 7.18. The van der Waals surface area contributed by atoms with Gasteiger partial charge in [-0.3, -0.25) is 19.0 Å². The van der Waals surface area contributed by atoms with Gasteiger partial charge in [0.25, 0.3) is 5.56 Å². The summed E-state index contributed by atoms with van der Waals surface area (Å²) < 4.78 is 1.56. The smallest absolute Gasteiger partial charge is 0.262 e. The number of carbonyl (C=O) groups is 2. The molecule has 0 saturated heterocycles. The molecule has 1 aliphatic heterocycles.